The summed E-state index contributed by atoms with van der Waals surface area (Å²) in [6, 6.07) is -1.52. The largest absolute Gasteiger partial charge is 0.480 e. The number of phosphoric acid groups is 1. The number of rotatable bonds is 34. The van der Waals surface area contributed by atoms with Crippen LogP contribution in [0.5, 0.6) is 0 Å². The molecule has 3 atom stereocenters. The van der Waals surface area contributed by atoms with Crippen LogP contribution >= 0.6 is 7.82 Å². The molecule has 0 saturated heterocycles. The highest BCUT2D eigenvalue weighted by molar-refractivity contribution is 7.47. The average Bonchev–Trinajstić information content (AvgIpc) is 3.05. The van der Waals surface area contributed by atoms with E-state index < -0.39 is 51.1 Å². The molecule has 11 nitrogen and oxygen atoms in total. The number of nitrogens with two attached hydrogens (primary N) is 1. The predicted octanol–water partition coefficient (Wildman–Crippen LogP) is 8.72. The fourth-order valence-electron chi connectivity index (χ4n) is 4.74. The maximum absolute atomic E-state index is 12.5. The summed E-state index contributed by atoms with van der Waals surface area (Å²) in [4.78, 5) is 45.6. The van der Waals surface area contributed by atoms with E-state index in [1.807, 2.05) is 0 Å². The lowest BCUT2D eigenvalue weighted by molar-refractivity contribution is -0.161. The van der Waals surface area contributed by atoms with E-state index in [-0.39, 0.29) is 19.4 Å². The van der Waals surface area contributed by atoms with Gasteiger partial charge < -0.3 is 25.2 Å². The zero-order chi connectivity index (χ0) is 35.7. The highest BCUT2D eigenvalue weighted by Gasteiger charge is 2.28. The molecule has 0 aliphatic heterocycles. The number of unbranched alkanes of at least 4 members (excludes halogenated alkanes) is 16. The van der Waals surface area contributed by atoms with Crippen molar-refractivity contribution in [1.82, 2.24) is 0 Å². The van der Waals surface area contributed by atoms with Crippen molar-refractivity contribution < 1.29 is 47.5 Å². The smallest absolute Gasteiger partial charge is 0.472 e. The number of hydrogen-bond donors (Lipinski definition) is 3. The van der Waals surface area contributed by atoms with E-state index in [0.717, 1.165) is 64.2 Å². The van der Waals surface area contributed by atoms with Gasteiger partial charge in [-0.25, -0.2) is 4.57 Å². The van der Waals surface area contributed by atoms with Crippen LogP contribution in [0.3, 0.4) is 0 Å². The fourth-order valence-corrected chi connectivity index (χ4v) is 5.52. The van der Waals surface area contributed by atoms with E-state index >= 15 is 0 Å². The standard InChI is InChI=1S/C36H66NO10P/c1-3-5-7-9-11-13-14-15-16-17-18-20-22-24-26-28-35(39)47-32(30-45-48(42,43)46-31-33(37)36(40)41)29-44-34(38)27-25-23-21-19-12-10-8-6-4-2/h11,13,15-16,32-33H,3-10,12,14,17-31,37H2,1-2H3,(H,40,41)(H,42,43)/b13-11+,16-15+/t32-,33-/m0/s1. The summed E-state index contributed by atoms with van der Waals surface area (Å²) in [6.07, 6.45) is 29.7. The van der Waals surface area contributed by atoms with Crippen molar-refractivity contribution in [2.24, 2.45) is 5.73 Å². The van der Waals surface area contributed by atoms with Gasteiger partial charge in [-0.05, 0) is 44.9 Å². The Morgan fingerprint density at radius 3 is 1.67 bits per heavy atom. The van der Waals surface area contributed by atoms with Crippen LogP contribution in [0.15, 0.2) is 24.3 Å². The summed E-state index contributed by atoms with van der Waals surface area (Å²) in [5, 5.41) is 8.84. The second-order valence-corrected chi connectivity index (χ2v) is 13.8. The van der Waals surface area contributed by atoms with Crippen molar-refractivity contribution in [1.29, 1.82) is 0 Å². The van der Waals surface area contributed by atoms with E-state index in [9.17, 15) is 23.8 Å². The molecule has 0 amide bonds. The van der Waals surface area contributed by atoms with Gasteiger partial charge in [0.15, 0.2) is 6.10 Å². The van der Waals surface area contributed by atoms with Crippen LogP contribution in [0.4, 0.5) is 0 Å². The van der Waals surface area contributed by atoms with Gasteiger partial charge >= 0.3 is 25.7 Å². The third-order valence-electron chi connectivity index (χ3n) is 7.70. The van der Waals surface area contributed by atoms with E-state index in [4.69, 9.17) is 24.8 Å². The number of phosphoric ester groups is 1. The van der Waals surface area contributed by atoms with Gasteiger partial charge in [0.1, 0.15) is 12.6 Å². The van der Waals surface area contributed by atoms with E-state index in [2.05, 4.69) is 42.7 Å². The summed E-state index contributed by atoms with van der Waals surface area (Å²) < 4.78 is 32.5. The molecule has 12 heteroatoms. The Balaban J connectivity index is 4.47. The number of carboxylic acid groups (broad SMARTS) is 1. The van der Waals surface area contributed by atoms with E-state index in [1.54, 1.807) is 0 Å². The molecule has 280 valence electrons. The lowest BCUT2D eigenvalue weighted by Gasteiger charge is -2.20. The summed E-state index contributed by atoms with van der Waals surface area (Å²) in [6.45, 7) is 2.71. The Morgan fingerprint density at radius 1 is 0.646 bits per heavy atom. The predicted molar refractivity (Wildman–Crippen MR) is 189 cm³/mol. The summed E-state index contributed by atoms with van der Waals surface area (Å²) >= 11 is 0. The Kier molecular flexibility index (Phi) is 30.8. The number of allylic oxidation sites excluding steroid dienone is 4. The molecule has 0 aromatic heterocycles. The molecule has 0 aliphatic carbocycles. The van der Waals surface area contributed by atoms with E-state index in [1.165, 1.54) is 51.4 Å². The van der Waals surface area contributed by atoms with Crippen LogP contribution in [0.2, 0.25) is 0 Å². The number of esters is 2. The molecule has 0 aromatic carbocycles. The van der Waals surface area contributed by atoms with Crippen molar-refractivity contribution in [3.05, 3.63) is 24.3 Å². The summed E-state index contributed by atoms with van der Waals surface area (Å²) in [5.41, 5.74) is 5.30. The molecule has 0 aliphatic rings. The van der Waals surface area contributed by atoms with E-state index in [0.29, 0.717) is 12.8 Å². The third-order valence-corrected chi connectivity index (χ3v) is 8.65. The van der Waals surface area contributed by atoms with Gasteiger partial charge in [-0.2, -0.15) is 0 Å². The molecule has 0 rings (SSSR count). The first kappa shape index (κ1) is 46.0. The Bertz CT molecular complexity index is 926. The first-order valence-electron chi connectivity index (χ1n) is 18.4. The fraction of sp³-hybridized carbons (Fsp3) is 0.806. The quantitative estimate of drug-likeness (QED) is 0.0253. The maximum atomic E-state index is 12.5. The van der Waals surface area contributed by atoms with Gasteiger partial charge in [-0.15, -0.1) is 0 Å². The molecule has 0 fully saturated rings. The average molecular weight is 704 g/mol. The lowest BCUT2D eigenvalue weighted by Crippen LogP contribution is -2.34. The van der Waals surface area contributed by atoms with Crippen LogP contribution in [0, 0.1) is 0 Å². The van der Waals surface area contributed by atoms with Crippen LogP contribution < -0.4 is 5.73 Å². The highest BCUT2D eigenvalue weighted by atomic mass is 31.2. The molecule has 0 aromatic rings. The molecule has 0 saturated carbocycles. The Hall–Kier alpha value is -2.04. The minimum absolute atomic E-state index is 0.147. The van der Waals surface area contributed by atoms with Gasteiger partial charge in [0.25, 0.3) is 0 Å². The molecule has 1 unspecified atom stereocenters. The molecule has 0 heterocycles. The summed E-state index contributed by atoms with van der Waals surface area (Å²) in [5.74, 6) is -2.40. The number of carbonyl (C=O) groups excluding carboxylic acids is 2. The Morgan fingerprint density at radius 2 is 1.10 bits per heavy atom. The molecular weight excluding hydrogens is 637 g/mol. The normalized spacial score (nSPS) is 14.2. The second-order valence-electron chi connectivity index (χ2n) is 12.4. The van der Waals surface area contributed by atoms with Gasteiger partial charge in [-0.3, -0.25) is 23.4 Å². The number of hydrogen-bond acceptors (Lipinski definition) is 9. The van der Waals surface area contributed by atoms with Crippen LogP contribution in [-0.2, 0) is 37.5 Å². The maximum Gasteiger partial charge on any atom is 0.472 e. The van der Waals surface area contributed by atoms with Crippen LogP contribution in [0.25, 0.3) is 0 Å². The number of aliphatic carboxylic acids is 1. The SMILES string of the molecule is CCCCC/C=C/C/C=C/CCCCCCCC(=O)O[C@@H](COC(=O)CCCCCCCCCCC)COP(=O)(O)OC[C@H](N)C(=O)O. The zero-order valence-corrected chi connectivity index (χ0v) is 30.7. The minimum atomic E-state index is -4.71. The van der Waals surface area contributed by atoms with Gasteiger partial charge in [0, 0.05) is 12.8 Å². The molecule has 4 N–H and O–H groups in total. The summed E-state index contributed by atoms with van der Waals surface area (Å²) in [7, 11) is -4.71. The number of ether oxygens (including phenoxy) is 2. The van der Waals surface area contributed by atoms with Gasteiger partial charge in [0.2, 0.25) is 0 Å². The highest BCUT2D eigenvalue weighted by Crippen LogP contribution is 2.43. The van der Waals surface area contributed by atoms with Gasteiger partial charge in [0.05, 0.1) is 13.2 Å². The third kappa shape index (κ3) is 31.2. The molecule has 0 bridgehead atoms. The monoisotopic (exact) mass is 703 g/mol. The van der Waals surface area contributed by atoms with Crippen molar-refractivity contribution in [3.63, 3.8) is 0 Å². The van der Waals surface area contributed by atoms with Crippen molar-refractivity contribution in [2.45, 2.75) is 167 Å². The van der Waals surface area contributed by atoms with Gasteiger partial charge in [-0.1, -0.05) is 122 Å². The Labute approximate surface area is 290 Å². The minimum Gasteiger partial charge on any atom is -0.480 e. The van der Waals surface area contributed by atoms with Crippen molar-refractivity contribution in [3.8, 4) is 0 Å². The number of carbonyl (C=O) groups is 3. The second kappa shape index (κ2) is 32.2. The zero-order valence-electron chi connectivity index (χ0n) is 29.8. The first-order chi connectivity index (χ1) is 23.1. The van der Waals surface area contributed by atoms with Crippen molar-refractivity contribution >= 4 is 25.7 Å². The van der Waals surface area contributed by atoms with Crippen LogP contribution in [0.1, 0.15) is 155 Å². The molecule has 0 radical (unpaired) electrons. The number of carboxylic acids is 1. The first-order valence-corrected chi connectivity index (χ1v) is 19.9. The van der Waals surface area contributed by atoms with Crippen molar-refractivity contribution in [2.75, 3.05) is 19.8 Å². The van der Waals surface area contributed by atoms with Crippen LogP contribution in [-0.4, -0.2) is 59.9 Å². The molecular formula is C36H66NO10P. The molecule has 48 heavy (non-hydrogen) atoms. The molecule has 0 spiro atoms. The topological polar surface area (TPSA) is 172 Å². The lowest BCUT2D eigenvalue weighted by atomic mass is 10.1.